The topological polar surface area (TPSA) is 102 Å². The number of fused-ring (bicyclic) bond motifs is 1. The van der Waals surface area contributed by atoms with E-state index in [4.69, 9.17) is 10.5 Å². The Kier molecular flexibility index (Phi) is 7.27. The van der Waals surface area contributed by atoms with Crippen LogP contribution in [-0.4, -0.2) is 48.0 Å². The number of anilines is 1. The molecular formula is C27H27F2N5O3. The number of hydrogen-bond donors (Lipinski definition) is 2. The van der Waals surface area contributed by atoms with Crippen molar-refractivity contribution in [2.75, 3.05) is 25.1 Å². The van der Waals surface area contributed by atoms with Gasteiger partial charge in [-0.1, -0.05) is 17.9 Å². The lowest BCUT2D eigenvalue weighted by molar-refractivity contribution is -0.120. The van der Waals surface area contributed by atoms with Crippen molar-refractivity contribution in [1.82, 2.24) is 15.1 Å². The molecule has 1 aromatic heterocycles. The van der Waals surface area contributed by atoms with Gasteiger partial charge in [-0.2, -0.15) is 9.78 Å². The maximum Gasteiger partial charge on any atom is 0.342 e. The van der Waals surface area contributed by atoms with Gasteiger partial charge in [0.05, 0.1) is 11.9 Å². The maximum atomic E-state index is 14.0. The number of carbonyl (C=O) groups is 2. The standard InChI is InChI=1S/C27H27F2N5O3/c1-27(2,16-30)9-8-17-4-7-24-23(11-17)33(3)25(35)22(15-37-24)32-26(36)34-14-18(13-31-34)10-19-5-6-20(28)12-21(19)29/h4-7,11-14,22H,10,15-16,30H2,1-3H3,(H,32,36)/t22-/m1/s1. The quantitative estimate of drug-likeness (QED) is 0.529. The van der Waals surface area contributed by atoms with Gasteiger partial charge in [-0.3, -0.25) is 4.79 Å². The fourth-order valence-electron chi connectivity index (χ4n) is 3.63. The zero-order chi connectivity index (χ0) is 26.7. The molecule has 10 heteroatoms. The number of benzene rings is 2. The summed E-state index contributed by atoms with van der Waals surface area (Å²) in [6.45, 7) is 4.22. The third-order valence-corrected chi connectivity index (χ3v) is 5.96. The summed E-state index contributed by atoms with van der Waals surface area (Å²) >= 11 is 0. The summed E-state index contributed by atoms with van der Waals surface area (Å²) in [6.07, 6.45) is 2.95. The molecule has 0 fully saturated rings. The van der Waals surface area contributed by atoms with Crippen LogP contribution in [0.3, 0.4) is 0 Å². The van der Waals surface area contributed by atoms with Gasteiger partial charge in [-0.25, -0.2) is 13.6 Å². The maximum absolute atomic E-state index is 14.0. The van der Waals surface area contributed by atoms with Crippen molar-refractivity contribution in [3.05, 3.63) is 77.1 Å². The zero-order valence-corrected chi connectivity index (χ0v) is 20.7. The zero-order valence-electron chi connectivity index (χ0n) is 20.7. The fourth-order valence-corrected chi connectivity index (χ4v) is 3.63. The molecule has 192 valence electrons. The average Bonchev–Trinajstić information content (AvgIpc) is 3.31. The van der Waals surface area contributed by atoms with Crippen LogP contribution in [0.15, 0.2) is 48.8 Å². The first-order valence-electron chi connectivity index (χ1n) is 11.6. The Morgan fingerprint density at radius 3 is 2.78 bits per heavy atom. The molecule has 0 radical (unpaired) electrons. The molecule has 0 bridgehead atoms. The summed E-state index contributed by atoms with van der Waals surface area (Å²) < 4.78 is 33.9. The summed E-state index contributed by atoms with van der Waals surface area (Å²) in [7, 11) is 1.60. The summed E-state index contributed by atoms with van der Waals surface area (Å²) in [5.41, 5.74) is 7.44. The van der Waals surface area contributed by atoms with Gasteiger partial charge in [0.1, 0.15) is 30.0 Å². The number of nitrogens with zero attached hydrogens (tertiary/aromatic N) is 3. The van der Waals surface area contributed by atoms with E-state index in [2.05, 4.69) is 22.3 Å². The number of aromatic nitrogens is 2. The lowest BCUT2D eigenvalue weighted by Crippen LogP contribution is -2.50. The highest BCUT2D eigenvalue weighted by molar-refractivity contribution is 6.00. The third kappa shape index (κ3) is 5.95. The number of halogens is 2. The Labute approximate surface area is 213 Å². The molecule has 2 aromatic carbocycles. The number of nitrogens with one attached hydrogen (secondary N) is 1. The average molecular weight is 508 g/mol. The highest BCUT2D eigenvalue weighted by Crippen LogP contribution is 2.31. The summed E-state index contributed by atoms with van der Waals surface area (Å²) in [6, 6.07) is 6.97. The van der Waals surface area contributed by atoms with E-state index >= 15 is 0 Å². The van der Waals surface area contributed by atoms with E-state index in [-0.39, 0.29) is 29.9 Å². The minimum atomic E-state index is -0.974. The fraction of sp³-hybridized carbons (Fsp3) is 0.296. The molecule has 0 saturated heterocycles. The first-order valence-corrected chi connectivity index (χ1v) is 11.6. The predicted molar refractivity (Wildman–Crippen MR) is 134 cm³/mol. The van der Waals surface area contributed by atoms with Crippen LogP contribution >= 0.6 is 0 Å². The van der Waals surface area contributed by atoms with Crippen molar-refractivity contribution < 1.29 is 23.1 Å². The second-order valence-electron chi connectivity index (χ2n) is 9.44. The molecule has 2 heterocycles. The van der Waals surface area contributed by atoms with Crippen LogP contribution in [0, 0.1) is 28.9 Å². The molecule has 3 N–H and O–H groups in total. The summed E-state index contributed by atoms with van der Waals surface area (Å²) in [5, 5.41) is 6.64. The molecule has 37 heavy (non-hydrogen) atoms. The number of ether oxygens (including phenoxy) is 1. The SMILES string of the molecule is CN1C(=O)[C@H](NC(=O)n2cc(Cc3ccc(F)cc3F)cn2)COc2ccc(C#CC(C)(C)CN)cc21. The Balaban J connectivity index is 1.45. The van der Waals surface area contributed by atoms with Gasteiger partial charge in [-0.15, -0.1) is 0 Å². The van der Waals surface area contributed by atoms with Crippen molar-refractivity contribution in [2.24, 2.45) is 11.1 Å². The van der Waals surface area contributed by atoms with E-state index in [1.54, 1.807) is 25.2 Å². The van der Waals surface area contributed by atoms with Crippen LogP contribution in [-0.2, 0) is 11.2 Å². The normalized spacial score (nSPS) is 15.2. The molecular weight excluding hydrogens is 480 g/mol. The van der Waals surface area contributed by atoms with Crippen molar-refractivity contribution in [3.63, 3.8) is 0 Å². The first-order chi connectivity index (χ1) is 17.6. The molecule has 4 rings (SSSR count). The number of rotatable bonds is 4. The van der Waals surface area contributed by atoms with Gasteiger partial charge >= 0.3 is 6.03 Å². The molecule has 1 aliphatic rings. The monoisotopic (exact) mass is 507 g/mol. The highest BCUT2D eigenvalue weighted by Gasteiger charge is 2.31. The van der Waals surface area contributed by atoms with Crippen LogP contribution in [0.5, 0.6) is 5.75 Å². The molecule has 1 atom stereocenters. The molecule has 0 saturated carbocycles. The third-order valence-electron chi connectivity index (χ3n) is 5.96. The van der Waals surface area contributed by atoms with Crippen molar-refractivity contribution in [3.8, 4) is 17.6 Å². The molecule has 1 aliphatic heterocycles. The predicted octanol–water partition coefficient (Wildman–Crippen LogP) is 3.07. The number of hydrogen-bond acceptors (Lipinski definition) is 5. The number of nitrogens with two attached hydrogens (primary N) is 1. The number of carbonyl (C=O) groups excluding carboxylic acids is 2. The lowest BCUT2D eigenvalue weighted by atomic mass is 9.94. The second-order valence-corrected chi connectivity index (χ2v) is 9.44. The number of amides is 2. The van der Waals surface area contributed by atoms with E-state index in [0.29, 0.717) is 29.1 Å². The molecule has 3 aromatic rings. The van der Waals surface area contributed by atoms with Crippen molar-refractivity contribution in [2.45, 2.75) is 26.3 Å². The van der Waals surface area contributed by atoms with Crippen LogP contribution in [0.2, 0.25) is 0 Å². The Morgan fingerprint density at radius 2 is 2.05 bits per heavy atom. The molecule has 0 aliphatic carbocycles. The molecule has 0 spiro atoms. The van der Waals surface area contributed by atoms with Crippen LogP contribution < -0.4 is 20.7 Å². The number of likely N-dealkylation sites (N-methyl/N-ethyl adjacent to an activating group) is 1. The Hall–Kier alpha value is -4.23. The van der Waals surface area contributed by atoms with Crippen LogP contribution in [0.1, 0.15) is 30.5 Å². The largest absolute Gasteiger partial charge is 0.489 e. The van der Waals surface area contributed by atoms with Crippen LogP contribution in [0.25, 0.3) is 0 Å². The second kappa shape index (κ2) is 10.4. The van der Waals surface area contributed by atoms with E-state index in [0.717, 1.165) is 16.8 Å². The van der Waals surface area contributed by atoms with Gasteiger partial charge in [-0.05, 0) is 49.2 Å². The Morgan fingerprint density at radius 1 is 1.27 bits per heavy atom. The van der Waals surface area contributed by atoms with Crippen molar-refractivity contribution >= 4 is 17.6 Å². The summed E-state index contributed by atoms with van der Waals surface area (Å²) in [4.78, 5) is 27.4. The smallest absolute Gasteiger partial charge is 0.342 e. The first kappa shape index (κ1) is 25.9. The van der Waals surface area contributed by atoms with Gasteiger partial charge < -0.3 is 20.7 Å². The van der Waals surface area contributed by atoms with Gasteiger partial charge in [0, 0.05) is 43.3 Å². The van der Waals surface area contributed by atoms with Gasteiger partial charge in [0.25, 0.3) is 5.91 Å². The molecule has 8 nitrogen and oxygen atoms in total. The van der Waals surface area contributed by atoms with Gasteiger partial charge in [0.2, 0.25) is 0 Å². The van der Waals surface area contributed by atoms with E-state index in [9.17, 15) is 18.4 Å². The van der Waals surface area contributed by atoms with E-state index < -0.39 is 23.7 Å². The van der Waals surface area contributed by atoms with E-state index in [1.165, 1.54) is 23.4 Å². The Bertz CT molecular complexity index is 1410. The van der Waals surface area contributed by atoms with Crippen LogP contribution in [0.4, 0.5) is 19.3 Å². The minimum Gasteiger partial charge on any atom is -0.489 e. The highest BCUT2D eigenvalue weighted by atomic mass is 19.1. The lowest BCUT2D eigenvalue weighted by Gasteiger charge is -2.20. The minimum absolute atomic E-state index is 0.0813. The van der Waals surface area contributed by atoms with Crippen molar-refractivity contribution in [1.29, 1.82) is 0 Å². The molecule has 2 amide bonds. The molecule has 0 unspecified atom stereocenters. The van der Waals surface area contributed by atoms with E-state index in [1.807, 2.05) is 13.8 Å². The summed E-state index contributed by atoms with van der Waals surface area (Å²) in [5.74, 6) is 4.97. The van der Waals surface area contributed by atoms with Gasteiger partial charge in [0.15, 0.2) is 0 Å².